The summed E-state index contributed by atoms with van der Waals surface area (Å²) >= 11 is 0. The molecule has 0 aromatic carbocycles. The van der Waals surface area contributed by atoms with Crippen molar-refractivity contribution in [3.8, 4) is 0 Å². The third-order valence-electron chi connectivity index (χ3n) is 12.5. The van der Waals surface area contributed by atoms with E-state index in [1.807, 2.05) is 0 Å². The van der Waals surface area contributed by atoms with Gasteiger partial charge in [-0.25, -0.2) is 19.4 Å². The van der Waals surface area contributed by atoms with Crippen LogP contribution in [-0.4, -0.2) is 25.2 Å². The summed E-state index contributed by atoms with van der Waals surface area (Å²) in [5.41, 5.74) is 0. The Hall–Kier alpha value is -1.10. The first kappa shape index (κ1) is 62.0. The van der Waals surface area contributed by atoms with E-state index in [9.17, 15) is 9.59 Å². The maximum Gasteiger partial charge on any atom is 0.355 e. The van der Waals surface area contributed by atoms with Crippen LogP contribution < -0.4 is 0 Å². The molecular formula is C56H112O5. The van der Waals surface area contributed by atoms with Crippen molar-refractivity contribution in [3.63, 3.8) is 0 Å². The zero-order valence-electron chi connectivity index (χ0n) is 42.4. The molecule has 5 nitrogen and oxygen atoms in total. The van der Waals surface area contributed by atoms with Gasteiger partial charge in [-0.3, -0.25) is 0 Å². The van der Waals surface area contributed by atoms with Gasteiger partial charge in [-0.1, -0.05) is 297 Å². The van der Waals surface area contributed by atoms with Gasteiger partial charge in [0.05, 0.1) is 12.8 Å². The molecule has 0 spiro atoms. The lowest BCUT2D eigenvalue weighted by Crippen LogP contribution is -2.11. The number of carbonyl (C=O) groups is 2. The third-order valence-corrected chi connectivity index (χ3v) is 12.5. The summed E-state index contributed by atoms with van der Waals surface area (Å²) < 4.78 is 5.71. The molecule has 0 aromatic rings. The van der Waals surface area contributed by atoms with Crippen molar-refractivity contribution < 1.29 is 24.1 Å². The molecule has 0 atom stereocenters. The van der Waals surface area contributed by atoms with Crippen LogP contribution in [-0.2, 0) is 24.1 Å². The Kier molecular flexibility index (Phi) is 59.9. The predicted molar refractivity (Wildman–Crippen MR) is 267 cm³/mol. The number of ether oxygens (including phenoxy) is 1. The second-order valence-corrected chi connectivity index (χ2v) is 18.9. The first-order valence-corrected chi connectivity index (χ1v) is 28.1. The zero-order chi connectivity index (χ0) is 44.6. The molecule has 61 heavy (non-hydrogen) atoms. The summed E-state index contributed by atoms with van der Waals surface area (Å²) in [5, 5.41) is 0. The van der Waals surface area contributed by atoms with Crippen LogP contribution in [0.4, 0.5) is 0 Å². The van der Waals surface area contributed by atoms with Gasteiger partial charge in [-0.2, -0.15) is 0 Å². The molecule has 366 valence electrons. The lowest BCUT2D eigenvalue weighted by molar-refractivity contribution is -0.259. The molecule has 0 aliphatic heterocycles. The molecular weight excluding hydrogens is 753 g/mol. The largest absolute Gasteiger partial charge is 0.381 e. The van der Waals surface area contributed by atoms with Gasteiger partial charge in [0.1, 0.15) is 0 Å². The summed E-state index contributed by atoms with van der Waals surface area (Å²) in [6.07, 6.45) is 61.9. The molecule has 0 bridgehead atoms. The minimum atomic E-state index is -0.417. The van der Waals surface area contributed by atoms with Crippen molar-refractivity contribution >= 4 is 11.9 Å². The Bertz CT molecular complexity index is 736. The molecule has 0 fully saturated rings. The van der Waals surface area contributed by atoms with Crippen LogP contribution >= 0.6 is 0 Å². The summed E-state index contributed by atoms with van der Waals surface area (Å²) in [7, 11) is 0. The van der Waals surface area contributed by atoms with Crippen LogP contribution in [0.25, 0.3) is 0 Å². The Morgan fingerprint density at radius 2 is 0.393 bits per heavy atom. The van der Waals surface area contributed by atoms with Crippen LogP contribution in [0.5, 0.6) is 0 Å². The highest BCUT2D eigenvalue weighted by Gasteiger charge is 2.09. The van der Waals surface area contributed by atoms with Gasteiger partial charge in [-0.15, -0.1) is 0 Å². The standard InChI is InChI=1S/C36H70O4.C20H42O/c1-3-5-7-9-11-13-15-17-19-21-23-25-27-29-31-33-35(37)39-40-36(38)34-32-30-28-26-24-22-20-18-16-14-12-10-8-6-4-2;1-3-5-7-9-11-12-13-14-16-18-20-21-19-17-15-10-8-6-4-2/h3-34H2,1-2H3;3-20H2,1-2H3. The first-order chi connectivity index (χ1) is 30.1. The minimum Gasteiger partial charge on any atom is -0.381 e. The van der Waals surface area contributed by atoms with Crippen molar-refractivity contribution in [1.82, 2.24) is 0 Å². The van der Waals surface area contributed by atoms with Crippen molar-refractivity contribution in [2.45, 2.75) is 336 Å². The van der Waals surface area contributed by atoms with Crippen LogP contribution in [0.3, 0.4) is 0 Å². The maximum absolute atomic E-state index is 11.8. The van der Waals surface area contributed by atoms with E-state index in [1.165, 1.54) is 270 Å². The van der Waals surface area contributed by atoms with E-state index in [1.54, 1.807) is 0 Å². The second-order valence-electron chi connectivity index (χ2n) is 18.9. The van der Waals surface area contributed by atoms with Crippen LogP contribution in [0.15, 0.2) is 0 Å². The van der Waals surface area contributed by atoms with Gasteiger partial charge < -0.3 is 4.74 Å². The normalized spacial score (nSPS) is 11.1. The van der Waals surface area contributed by atoms with Gasteiger partial charge in [0, 0.05) is 13.2 Å². The summed E-state index contributed by atoms with van der Waals surface area (Å²) in [4.78, 5) is 33.0. The minimum absolute atomic E-state index is 0.338. The van der Waals surface area contributed by atoms with E-state index in [2.05, 4.69) is 27.7 Å². The lowest BCUT2D eigenvalue weighted by Gasteiger charge is -2.05. The van der Waals surface area contributed by atoms with Crippen molar-refractivity contribution in [2.75, 3.05) is 13.2 Å². The lowest BCUT2D eigenvalue weighted by atomic mass is 10.0. The molecule has 0 rings (SSSR count). The van der Waals surface area contributed by atoms with Gasteiger partial charge in [0.15, 0.2) is 0 Å². The van der Waals surface area contributed by atoms with Gasteiger partial charge >= 0.3 is 11.9 Å². The van der Waals surface area contributed by atoms with E-state index in [0.717, 1.165) is 38.9 Å². The molecule has 0 aromatic heterocycles. The van der Waals surface area contributed by atoms with E-state index in [0.29, 0.717) is 12.8 Å². The summed E-state index contributed by atoms with van der Waals surface area (Å²) in [5.74, 6) is -0.834. The Morgan fingerprint density at radius 1 is 0.230 bits per heavy atom. The third kappa shape index (κ3) is 61.0. The average molecular weight is 866 g/mol. The Balaban J connectivity index is 0. The molecule has 0 N–H and O–H groups in total. The molecule has 0 radical (unpaired) electrons. The van der Waals surface area contributed by atoms with E-state index < -0.39 is 11.9 Å². The molecule has 5 heteroatoms. The molecule has 0 aliphatic carbocycles. The summed E-state index contributed by atoms with van der Waals surface area (Å²) in [6.45, 7) is 11.1. The van der Waals surface area contributed by atoms with Crippen molar-refractivity contribution in [1.29, 1.82) is 0 Å². The van der Waals surface area contributed by atoms with Crippen molar-refractivity contribution in [2.24, 2.45) is 0 Å². The molecule has 0 aliphatic rings. The van der Waals surface area contributed by atoms with Crippen LogP contribution in [0.2, 0.25) is 0 Å². The number of hydrogen-bond donors (Lipinski definition) is 0. The van der Waals surface area contributed by atoms with Crippen LogP contribution in [0.1, 0.15) is 336 Å². The Morgan fingerprint density at radius 3 is 0.590 bits per heavy atom. The van der Waals surface area contributed by atoms with Gasteiger partial charge in [0.2, 0.25) is 0 Å². The quantitative estimate of drug-likeness (QED) is 0.0346. The zero-order valence-corrected chi connectivity index (χ0v) is 42.4. The fourth-order valence-electron chi connectivity index (χ4n) is 8.24. The van der Waals surface area contributed by atoms with E-state index >= 15 is 0 Å². The van der Waals surface area contributed by atoms with E-state index in [4.69, 9.17) is 14.5 Å². The highest BCUT2D eigenvalue weighted by molar-refractivity contribution is 5.72. The topological polar surface area (TPSA) is 61.8 Å². The highest BCUT2D eigenvalue weighted by atomic mass is 17.2. The number of rotatable bonds is 50. The fourth-order valence-corrected chi connectivity index (χ4v) is 8.24. The predicted octanol–water partition coefficient (Wildman–Crippen LogP) is 19.8. The first-order valence-electron chi connectivity index (χ1n) is 28.1. The highest BCUT2D eigenvalue weighted by Crippen LogP contribution is 2.16. The number of unbranched alkanes of at least 4 members (excludes halogenated alkanes) is 42. The van der Waals surface area contributed by atoms with Crippen LogP contribution in [0, 0.1) is 0 Å². The fraction of sp³-hybridized carbons (Fsp3) is 0.964. The molecule has 0 heterocycles. The smallest absolute Gasteiger partial charge is 0.355 e. The second kappa shape index (κ2) is 58.9. The summed E-state index contributed by atoms with van der Waals surface area (Å²) in [6, 6.07) is 0. The number of carbonyl (C=O) groups excluding carboxylic acids is 2. The van der Waals surface area contributed by atoms with Gasteiger partial charge in [0.25, 0.3) is 0 Å². The molecule has 0 saturated carbocycles. The molecule has 0 unspecified atom stereocenters. The SMILES string of the molecule is CCCCCCCCCCCCCCCCCC(=O)OOC(=O)CCCCCCCCCCCCCCCCC.CCCCCCCCCCCCOCCCCCCCC. The average Bonchev–Trinajstić information content (AvgIpc) is 3.27. The number of hydrogen-bond acceptors (Lipinski definition) is 5. The van der Waals surface area contributed by atoms with E-state index in [-0.39, 0.29) is 0 Å². The Labute approximate surface area is 383 Å². The maximum atomic E-state index is 11.8. The molecule has 0 amide bonds. The van der Waals surface area contributed by atoms with Gasteiger partial charge in [-0.05, 0) is 25.7 Å². The monoisotopic (exact) mass is 865 g/mol. The molecule has 0 saturated heterocycles. The van der Waals surface area contributed by atoms with Crippen molar-refractivity contribution in [3.05, 3.63) is 0 Å².